The van der Waals surface area contributed by atoms with E-state index >= 15 is 0 Å². The van der Waals surface area contributed by atoms with Crippen LogP contribution in [0.1, 0.15) is 49.4 Å². The number of aryl methyl sites for hydroxylation is 2. The number of hydrogen-bond donors (Lipinski definition) is 1. The fraction of sp³-hybridized carbons (Fsp3) is 0.375. The highest BCUT2D eigenvalue weighted by Crippen LogP contribution is 2.42. The Morgan fingerprint density at radius 1 is 1.18 bits per heavy atom. The summed E-state index contributed by atoms with van der Waals surface area (Å²) in [5.41, 5.74) is 4.42. The first kappa shape index (κ1) is 19.2. The Morgan fingerprint density at radius 3 is 2.75 bits per heavy atom. The van der Waals surface area contributed by atoms with Crippen molar-refractivity contribution >= 4 is 22.5 Å². The van der Waals surface area contributed by atoms with Gasteiger partial charge in [-0.1, -0.05) is 41.9 Å². The number of hydrogen-bond acceptors (Lipinski definition) is 3. The van der Waals surface area contributed by atoms with Crippen LogP contribution >= 0.6 is 11.6 Å². The smallest absolute Gasteiger partial charge is 0.130 e. The third-order valence-corrected chi connectivity index (χ3v) is 5.64. The Balaban J connectivity index is 1.55. The zero-order valence-electron chi connectivity index (χ0n) is 16.8. The lowest BCUT2D eigenvalue weighted by Gasteiger charge is -2.38. The molecule has 0 radical (unpaired) electrons. The highest BCUT2D eigenvalue weighted by Gasteiger charge is 2.34. The van der Waals surface area contributed by atoms with Gasteiger partial charge < -0.3 is 10.1 Å². The average molecular weight is 395 g/mol. The molecular weight excluding hydrogens is 368 g/mol. The molecule has 0 bridgehead atoms. The van der Waals surface area contributed by atoms with Gasteiger partial charge in [0, 0.05) is 23.4 Å². The predicted molar refractivity (Wildman–Crippen MR) is 116 cm³/mol. The van der Waals surface area contributed by atoms with Crippen molar-refractivity contribution in [1.29, 1.82) is 0 Å². The molecule has 3 nitrogen and oxygen atoms in total. The molecule has 1 N–H and O–H groups in total. The van der Waals surface area contributed by atoms with Crippen molar-refractivity contribution in [3.8, 4) is 5.75 Å². The third kappa shape index (κ3) is 4.16. The fourth-order valence-corrected chi connectivity index (χ4v) is 4.35. The summed E-state index contributed by atoms with van der Waals surface area (Å²) in [7, 11) is 0. The minimum Gasteiger partial charge on any atom is -0.487 e. The van der Waals surface area contributed by atoms with Gasteiger partial charge in [0.2, 0.25) is 0 Å². The van der Waals surface area contributed by atoms with E-state index in [4.69, 9.17) is 16.3 Å². The van der Waals surface area contributed by atoms with E-state index in [9.17, 15) is 0 Å². The molecule has 3 aromatic rings. The van der Waals surface area contributed by atoms with E-state index in [0.29, 0.717) is 5.15 Å². The number of pyridine rings is 1. The quantitative estimate of drug-likeness (QED) is 0.424. The molecule has 1 atom stereocenters. The number of benzene rings is 2. The van der Waals surface area contributed by atoms with E-state index in [0.717, 1.165) is 48.0 Å². The summed E-state index contributed by atoms with van der Waals surface area (Å²) >= 11 is 6.19. The molecule has 2 aromatic carbocycles. The van der Waals surface area contributed by atoms with Crippen LogP contribution in [-0.2, 0) is 6.42 Å². The van der Waals surface area contributed by atoms with E-state index in [1.165, 1.54) is 11.1 Å². The van der Waals surface area contributed by atoms with Crippen molar-refractivity contribution in [3.63, 3.8) is 0 Å². The third-order valence-electron chi connectivity index (χ3n) is 5.45. The van der Waals surface area contributed by atoms with Gasteiger partial charge in [-0.25, -0.2) is 4.98 Å². The van der Waals surface area contributed by atoms with Gasteiger partial charge in [0.05, 0.1) is 5.52 Å². The highest BCUT2D eigenvalue weighted by atomic mass is 35.5. The van der Waals surface area contributed by atoms with Crippen LogP contribution in [0.15, 0.2) is 48.5 Å². The summed E-state index contributed by atoms with van der Waals surface area (Å²) in [5, 5.41) is 5.39. The first-order valence-corrected chi connectivity index (χ1v) is 10.4. The Kier molecular flexibility index (Phi) is 5.31. The van der Waals surface area contributed by atoms with Crippen molar-refractivity contribution < 1.29 is 4.74 Å². The maximum atomic E-state index is 6.32. The zero-order chi connectivity index (χ0) is 19.7. The Morgan fingerprint density at radius 2 is 1.96 bits per heavy atom. The largest absolute Gasteiger partial charge is 0.487 e. The number of aromatic nitrogens is 1. The van der Waals surface area contributed by atoms with Gasteiger partial charge in [0.15, 0.2) is 0 Å². The van der Waals surface area contributed by atoms with Gasteiger partial charge in [0.1, 0.15) is 16.5 Å². The molecule has 1 aliphatic heterocycles. The van der Waals surface area contributed by atoms with E-state index in [1.54, 1.807) is 0 Å². The maximum Gasteiger partial charge on any atom is 0.130 e. The average Bonchev–Trinajstić information content (AvgIpc) is 2.64. The summed E-state index contributed by atoms with van der Waals surface area (Å²) < 4.78 is 6.32. The van der Waals surface area contributed by atoms with E-state index in [2.05, 4.69) is 73.5 Å². The summed E-state index contributed by atoms with van der Waals surface area (Å²) in [6, 6.07) is 17.1. The summed E-state index contributed by atoms with van der Waals surface area (Å²) in [6.45, 7) is 7.35. The molecule has 1 aliphatic rings. The Bertz CT molecular complexity index is 985. The summed E-state index contributed by atoms with van der Waals surface area (Å²) in [4.78, 5) is 4.53. The molecule has 0 amide bonds. The molecule has 2 heterocycles. The molecule has 0 fully saturated rings. The van der Waals surface area contributed by atoms with Crippen LogP contribution in [-0.4, -0.2) is 17.1 Å². The number of rotatable bonds is 5. The van der Waals surface area contributed by atoms with Gasteiger partial charge in [-0.2, -0.15) is 0 Å². The molecule has 0 spiro atoms. The minimum atomic E-state index is -0.203. The molecule has 0 saturated carbocycles. The second-order valence-electron chi connectivity index (χ2n) is 8.33. The first-order valence-electron chi connectivity index (χ1n) is 9.98. The van der Waals surface area contributed by atoms with Gasteiger partial charge in [0.25, 0.3) is 0 Å². The topological polar surface area (TPSA) is 34.1 Å². The van der Waals surface area contributed by atoms with E-state index in [-0.39, 0.29) is 11.6 Å². The lowest BCUT2D eigenvalue weighted by atomic mass is 9.88. The van der Waals surface area contributed by atoms with Crippen LogP contribution in [0.3, 0.4) is 0 Å². The Labute approximate surface area is 172 Å². The zero-order valence-corrected chi connectivity index (χ0v) is 17.5. The number of halogens is 1. The molecule has 4 heteroatoms. The van der Waals surface area contributed by atoms with Gasteiger partial charge in [-0.05, 0) is 69.5 Å². The molecule has 146 valence electrons. The molecule has 1 unspecified atom stereocenters. The second-order valence-corrected chi connectivity index (χ2v) is 8.72. The summed E-state index contributed by atoms with van der Waals surface area (Å²) in [6.07, 6.45) is 3.12. The van der Waals surface area contributed by atoms with Crippen molar-refractivity contribution in [2.24, 2.45) is 0 Å². The van der Waals surface area contributed by atoms with E-state index in [1.807, 2.05) is 6.07 Å². The van der Waals surface area contributed by atoms with Crippen LogP contribution in [0.4, 0.5) is 0 Å². The monoisotopic (exact) mass is 394 g/mol. The normalized spacial score (nSPS) is 17.9. The van der Waals surface area contributed by atoms with Crippen LogP contribution in [0.25, 0.3) is 10.9 Å². The van der Waals surface area contributed by atoms with Crippen LogP contribution in [0.2, 0.25) is 5.15 Å². The van der Waals surface area contributed by atoms with Crippen molar-refractivity contribution in [2.45, 2.75) is 51.7 Å². The fourth-order valence-electron chi connectivity index (χ4n) is 4.09. The first-order chi connectivity index (χ1) is 13.4. The number of ether oxygens (including phenoxy) is 1. The van der Waals surface area contributed by atoms with Crippen LogP contribution in [0.5, 0.6) is 5.75 Å². The molecule has 1 aromatic heterocycles. The lowest BCUT2D eigenvalue weighted by molar-refractivity contribution is 0.0663. The molecular formula is C24H27ClN2O. The standard InChI is InChI=1S/C24H27ClN2O/c1-16-12-23(25)27-20-13-19-21(15-24(2,3)28-22(19)14-18(16)20)26-11-7-10-17-8-5-4-6-9-17/h4-6,8-9,12-14,21,26H,7,10-11,15H2,1-3H3. The highest BCUT2D eigenvalue weighted by molar-refractivity contribution is 6.29. The van der Waals surface area contributed by atoms with Gasteiger partial charge in [-0.3, -0.25) is 0 Å². The van der Waals surface area contributed by atoms with Crippen LogP contribution in [0, 0.1) is 6.92 Å². The summed E-state index contributed by atoms with van der Waals surface area (Å²) in [5.74, 6) is 0.955. The lowest BCUT2D eigenvalue weighted by Crippen LogP contribution is -2.39. The predicted octanol–water partition coefficient (Wildman–Crippen LogP) is 6.02. The van der Waals surface area contributed by atoms with Crippen molar-refractivity contribution in [2.75, 3.05) is 6.54 Å². The SMILES string of the molecule is Cc1cc(Cl)nc2cc3c(cc12)OC(C)(C)CC3NCCCc1ccccc1. The number of nitrogens with one attached hydrogen (secondary N) is 1. The van der Waals surface area contributed by atoms with Gasteiger partial charge in [-0.15, -0.1) is 0 Å². The van der Waals surface area contributed by atoms with Crippen molar-refractivity contribution in [3.05, 3.63) is 70.4 Å². The molecule has 4 rings (SSSR count). The van der Waals surface area contributed by atoms with E-state index < -0.39 is 0 Å². The Hall–Kier alpha value is -2.10. The number of nitrogens with zero attached hydrogens (tertiary/aromatic N) is 1. The molecule has 28 heavy (non-hydrogen) atoms. The number of fused-ring (bicyclic) bond motifs is 2. The van der Waals surface area contributed by atoms with Gasteiger partial charge >= 0.3 is 0 Å². The molecule has 0 saturated heterocycles. The van der Waals surface area contributed by atoms with Crippen LogP contribution < -0.4 is 10.1 Å². The van der Waals surface area contributed by atoms with Crippen molar-refractivity contribution in [1.82, 2.24) is 10.3 Å². The second kappa shape index (κ2) is 7.73. The maximum absolute atomic E-state index is 6.32. The molecule has 0 aliphatic carbocycles. The minimum absolute atomic E-state index is 0.203.